The summed E-state index contributed by atoms with van der Waals surface area (Å²) in [6, 6.07) is 0.258. The number of ether oxygens (including phenoxy) is 2. The minimum atomic E-state index is 0.258. The van der Waals surface area contributed by atoms with Crippen LogP contribution in [-0.4, -0.2) is 46.6 Å². The number of nitrogens with two attached hydrogens (primary N) is 1. The third-order valence-corrected chi connectivity index (χ3v) is 1.31. The topological polar surface area (TPSA) is 56.5 Å². The van der Waals surface area contributed by atoms with Crippen LogP contribution < -0.4 is 11.1 Å². The summed E-state index contributed by atoms with van der Waals surface area (Å²) in [6.07, 6.45) is 0. The standard InChI is InChI=1S/C7H18N2O2/c1-10-5-7(6-11-2)9-4-3-8/h7,9H,3-6,8H2,1-2H3. The normalized spacial score (nSPS) is 10.9. The Morgan fingerprint density at radius 3 is 2.18 bits per heavy atom. The highest BCUT2D eigenvalue weighted by atomic mass is 16.5. The number of hydrogen-bond donors (Lipinski definition) is 2. The van der Waals surface area contributed by atoms with Crippen LogP contribution in [-0.2, 0) is 9.47 Å². The van der Waals surface area contributed by atoms with E-state index in [0.29, 0.717) is 19.8 Å². The predicted octanol–water partition coefficient (Wildman–Crippen LogP) is -0.804. The van der Waals surface area contributed by atoms with Crippen molar-refractivity contribution in [1.82, 2.24) is 5.32 Å². The lowest BCUT2D eigenvalue weighted by Crippen LogP contribution is -2.39. The number of methoxy groups -OCH3 is 2. The van der Waals surface area contributed by atoms with Gasteiger partial charge in [0.05, 0.1) is 19.3 Å². The Morgan fingerprint density at radius 2 is 1.82 bits per heavy atom. The molecule has 3 N–H and O–H groups in total. The Balaban J connectivity index is 3.34. The molecule has 0 atom stereocenters. The fourth-order valence-corrected chi connectivity index (χ4v) is 0.856. The summed E-state index contributed by atoms with van der Waals surface area (Å²) in [5.74, 6) is 0. The van der Waals surface area contributed by atoms with Gasteiger partial charge in [-0.25, -0.2) is 0 Å². The van der Waals surface area contributed by atoms with E-state index in [-0.39, 0.29) is 6.04 Å². The molecular formula is C7H18N2O2. The van der Waals surface area contributed by atoms with Crippen molar-refractivity contribution in [2.45, 2.75) is 6.04 Å². The van der Waals surface area contributed by atoms with Crippen LogP contribution in [0.3, 0.4) is 0 Å². The lowest BCUT2D eigenvalue weighted by Gasteiger charge is -2.15. The molecule has 0 saturated carbocycles. The molecule has 0 amide bonds. The van der Waals surface area contributed by atoms with E-state index in [1.54, 1.807) is 14.2 Å². The maximum absolute atomic E-state index is 5.32. The van der Waals surface area contributed by atoms with Gasteiger partial charge in [-0.1, -0.05) is 0 Å². The van der Waals surface area contributed by atoms with E-state index in [9.17, 15) is 0 Å². The number of rotatable bonds is 7. The zero-order valence-electron chi connectivity index (χ0n) is 7.30. The largest absolute Gasteiger partial charge is 0.383 e. The van der Waals surface area contributed by atoms with Gasteiger partial charge in [-0.3, -0.25) is 0 Å². The molecule has 0 aromatic rings. The summed E-state index contributed by atoms with van der Waals surface area (Å²) in [4.78, 5) is 0. The van der Waals surface area contributed by atoms with E-state index < -0.39 is 0 Å². The van der Waals surface area contributed by atoms with Crippen molar-refractivity contribution in [3.63, 3.8) is 0 Å². The van der Waals surface area contributed by atoms with Crippen LogP contribution >= 0.6 is 0 Å². The van der Waals surface area contributed by atoms with E-state index in [1.165, 1.54) is 0 Å². The van der Waals surface area contributed by atoms with E-state index in [1.807, 2.05) is 0 Å². The average molecular weight is 162 g/mol. The third-order valence-electron chi connectivity index (χ3n) is 1.31. The smallest absolute Gasteiger partial charge is 0.0638 e. The van der Waals surface area contributed by atoms with Crippen LogP contribution in [0.15, 0.2) is 0 Å². The van der Waals surface area contributed by atoms with Gasteiger partial charge in [0.15, 0.2) is 0 Å². The Kier molecular flexibility index (Phi) is 7.83. The molecule has 4 heteroatoms. The molecular weight excluding hydrogens is 144 g/mol. The molecule has 0 aliphatic carbocycles. The first kappa shape index (κ1) is 10.8. The van der Waals surface area contributed by atoms with Crippen molar-refractivity contribution in [2.75, 3.05) is 40.5 Å². The highest BCUT2D eigenvalue weighted by Crippen LogP contribution is 1.84. The summed E-state index contributed by atoms with van der Waals surface area (Å²) in [7, 11) is 3.35. The van der Waals surface area contributed by atoms with Gasteiger partial charge in [-0.15, -0.1) is 0 Å². The zero-order valence-corrected chi connectivity index (χ0v) is 7.30. The average Bonchev–Trinajstić information content (AvgIpc) is 2.01. The third kappa shape index (κ3) is 6.25. The summed E-state index contributed by atoms with van der Waals surface area (Å²) < 4.78 is 9.94. The summed E-state index contributed by atoms with van der Waals surface area (Å²) in [5.41, 5.74) is 5.32. The van der Waals surface area contributed by atoms with E-state index in [4.69, 9.17) is 15.2 Å². The first-order valence-corrected chi connectivity index (χ1v) is 3.76. The SMILES string of the molecule is COCC(COC)NCCN. The summed E-state index contributed by atoms with van der Waals surface area (Å²) >= 11 is 0. The molecule has 0 unspecified atom stereocenters. The molecule has 0 aliphatic rings. The Morgan fingerprint density at radius 1 is 1.27 bits per heavy atom. The van der Waals surface area contributed by atoms with Crippen molar-refractivity contribution in [3.8, 4) is 0 Å². The monoisotopic (exact) mass is 162 g/mol. The molecule has 0 aromatic heterocycles. The second-order valence-electron chi connectivity index (χ2n) is 2.35. The molecule has 0 radical (unpaired) electrons. The van der Waals surface area contributed by atoms with Gasteiger partial charge in [-0.2, -0.15) is 0 Å². The second-order valence-corrected chi connectivity index (χ2v) is 2.35. The van der Waals surface area contributed by atoms with Gasteiger partial charge in [0, 0.05) is 27.3 Å². The maximum Gasteiger partial charge on any atom is 0.0638 e. The molecule has 0 spiro atoms. The molecule has 0 bridgehead atoms. The Hall–Kier alpha value is -0.160. The second kappa shape index (κ2) is 7.94. The van der Waals surface area contributed by atoms with Gasteiger partial charge in [0.2, 0.25) is 0 Å². The minimum Gasteiger partial charge on any atom is -0.383 e. The van der Waals surface area contributed by atoms with E-state index in [0.717, 1.165) is 6.54 Å². The maximum atomic E-state index is 5.32. The molecule has 0 saturated heterocycles. The van der Waals surface area contributed by atoms with Gasteiger partial charge in [0.25, 0.3) is 0 Å². The lowest BCUT2D eigenvalue weighted by atomic mass is 10.3. The van der Waals surface area contributed by atoms with Crippen LogP contribution in [0.4, 0.5) is 0 Å². The number of hydrogen-bond acceptors (Lipinski definition) is 4. The van der Waals surface area contributed by atoms with Crippen molar-refractivity contribution in [3.05, 3.63) is 0 Å². The molecule has 0 heterocycles. The van der Waals surface area contributed by atoms with Crippen molar-refractivity contribution < 1.29 is 9.47 Å². The zero-order chi connectivity index (χ0) is 8.53. The van der Waals surface area contributed by atoms with Crippen LogP contribution in [0.1, 0.15) is 0 Å². The van der Waals surface area contributed by atoms with Crippen LogP contribution in [0.5, 0.6) is 0 Å². The van der Waals surface area contributed by atoms with E-state index >= 15 is 0 Å². The first-order valence-electron chi connectivity index (χ1n) is 3.76. The molecule has 0 fully saturated rings. The number of nitrogens with one attached hydrogen (secondary N) is 1. The van der Waals surface area contributed by atoms with Crippen molar-refractivity contribution >= 4 is 0 Å². The molecule has 68 valence electrons. The van der Waals surface area contributed by atoms with Crippen molar-refractivity contribution in [1.29, 1.82) is 0 Å². The molecule has 0 rings (SSSR count). The van der Waals surface area contributed by atoms with E-state index in [2.05, 4.69) is 5.32 Å². The molecule has 11 heavy (non-hydrogen) atoms. The van der Waals surface area contributed by atoms with Crippen LogP contribution in [0.2, 0.25) is 0 Å². The van der Waals surface area contributed by atoms with Crippen molar-refractivity contribution in [2.24, 2.45) is 5.73 Å². The first-order chi connectivity index (χ1) is 5.35. The molecule has 0 aromatic carbocycles. The predicted molar refractivity (Wildman–Crippen MR) is 44.6 cm³/mol. The quantitative estimate of drug-likeness (QED) is 0.514. The van der Waals surface area contributed by atoms with Gasteiger partial charge in [-0.05, 0) is 0 Å². The Labute approximate surface area is 68.0 Å². The van der Waals surface area contributed by atoms with Crippen LogP contribution in [0.25, 0.3) is 0 Å². The summed E-state index contributed by atoms with van der Waals surface area (Å²) in [6.45, 7) is 2.77. The fourth-order valence-electron chi connectivity index (χ4n) is 0.856. The van der Waals surface area contributed by atoms with Gasteiger partial charge < -0.3 is 20.5 Å². The minimum absolute atomic E-state index is 0.258. The molecule has 4 nitrogen and oxygen atoms in total. The van der Waals surface area contributed by atoms with Gasteiger partial charge in [0.1, 0.15) is 0 Å². The highest BCUT2D eigenvalue weighted by Gasteiger charge is 2.04. The molecule has 0 aliphatic heterocycles. The fraction of sp³-hybridized carbons (Fsp3) is 1.00. The highest BCUT2D eigenvalue weighted by molar-refractivity contribution is 4.64. The summed E-state index contributed by atoms with van der Waals surface area (Å²) in [5, 5.41) is 3.20. The van der Waals surface area contributed by atoms with Gasteiger partial charge >= 0.3 is 0 Å². The Bertz CT molecular complexity index is 74.8. The lowest BCUT2D eigenvalue weighted by molar-refractivity contribution is 0.104. The van der Waals surface area contributed by atoms with Crippen LogP contribution in [0, 0.1) is 0 Å².